The first-order valence-corrected chi connectivity index (χ1v) is 10.3. The van der Waals surface area contributed by atoms with E-state index in [2.05, 4.69) is 38.5 Å². The Kier molecular flexibility index (Phi) is 3.65. The van der Waals surface area contributed by atoms with Gasteiger partial charge in [-0.15, -0.1) is 0 Å². The van der Waals surface area contributed by atoms with Crippen LogP contribution in [-0.2, 0) is 23.1 Å². The van der Waals surface area contributed by atoms with Crippen LogP contribution in [0, 0.1) is 0 Å². The summed E-state index contributed by atoms with van der Waals surface area (Å²) < 4.78 is 1.77. The SMILES string of the molecule is CC1(C)C(=O)Cc2cc(Cc3nc4c(-c5cccc6[nH]ncc56)nccn4n3)ccc21. The van der Waals surface area contributed by atoms with Gasteiger partial charge in [0.05, 0.1) is 11.7 Å². The molecule has 7 heteroatoms. The Morgan fingerprint density at radius 1 is 1.19 bits per heavy atom. The molecule has 0 radical (unpaired) electrons. The van der Waals surface area contributed by atoms with Crippen molar-refractivity contribution in [3.8, 4) is 11.3 Å². The second kappa shape index (κ2) is 6.31. The summed E-state index contributed by atoms with van der Waals surface area (Å²) in [5.41, 5.74) is 6.36. The maximum absolute atomic E-state index is 12.3. The zero-order valence-electron chi connectivity index (χ0n) is 17.3. The van der Waals surface area contributed by atoms with E-state index >= 15 is 0 Å². The van der Waals surface area contributed by atoms with Crippen LogP contribution in [0.4, 0.5) is 0 Å². The van der Waals surface area contributed by atoms with Gasteiger partial charge < -0.3 is 0 Å². The number of carbonyl (C=O) groups excluding carboxylic acids is 1. The van der Waals surface area contributed by atoms with Crippen LogP contribution >= 0.6 is 0 Å². The average molecular weight is 408 g/mol. The van der Waals surface area contributed by atoms with Gasteiger partial charge in [0.15, 0.2) is 11.5 Å². The number of Topliss-reactive ketones (excluding diaryl/α,β-unsaturated/α-hetero) is 1. The fourth-order valence-electron chi connectivity index (χ4n) is 4.54. The molecule has 5 aromatic rings. The minimum atomic E-state index is -0.399. The number of hydrogen-bond donors (Lipinski definition) is 1. The smallest absolute Gasteiger partial charge is 0.181 e. The highest BCUT2D eigenvalue weighted by Crippen LogP contribution is 2.36. The fraction of sp³-hybridized carbons (Fsp3) is 0.208. The van der Waals surface area contributed by atoms with Gasteiger partial charge in [0.2, 0.25) is 0 Å². The first-order valence-electron chi connectivity index (χ1n) is 10.3. The number of carbonyl (C=O) groups is 1. The maximum atomic E-state index is 12.3. The summed E-state index contributed by atoms with van der Waals surface area (Å²) in [6.07, 6.45) is 6.45. The first kappa shape index (κ1) is 17.9. The van der Waals surface area contributed by atoms with E-state index in [0.717, 1.165) is 44.7 Å². The van der Waals surface area contributed by atoms with Crippen LogP contribution < -0.4 is 0 Å². The summed E-state index contributed by atoms with van der Waals surface area (Å²) in [6, 6.07) is 12.3. The van der Waals surface area contributed by atoms with Crippen molar-refractivity contribution in [2.24, 2.45) is 0 Å². The molecule has 7 nitrogen and oxygen atoms in total. The van der Waals surface area contributed by atoms with E-state index in [1.807, 2.05) is 38.2 Å². The van der Waals surface area contributed by atoms with Gasteiger partial charge in [0, 0.05) is 41.6 Å². The van der Waals surface area contributed by atoms with Crippen LogP contribution in [0.15, 0.2) is 55.0 Å². The number of ketones is 1. The van der Waals surface area contributed by atoms with Gasteiger partial charge >= 0.3 is 0 Å². The lowest BCUT2D eigenvalue weighted by Gasteiger charge is -2.17. The first-order chi connectivity index (χ1) is 15.0. The third-order valence-corrected chi connectivity index (χ3v) is 6.29. The highest BCUT2D eigenvalue weighted by Gasteiger charge is 2.37. The summed E-state index contributed by atoms with van der Waals surface area (Å²) in [7, 11) is 0. The van der Waals surface area contributed by atoms with Crippen LogP contribution in [0.25, 0.3) is 27.8 Å². The molecule has 0 aliphatic heterocycles. The maximum Gasteiger partial charge on any atom is 0.181 e. The standard InChI is InChI=1S/C24H20N6O/c1-24(2)18-7-6-14(10-15(18)12-20(24)31)11-21-27-23-22(25-8-9-30(23)29-21)16-4-3-5-19-17(16)13-26-28-19/h3-10,13H,11-12H2,1-2H3,(H,26,28). The van der Waals surface area contributed by atoms with Crippen molar-refractivity contribution in [3.05, 3.63) is 77.5 Å². The van der Waals surface area contributed by atoms with Gasteiger partial charge in [-0.05, 0) is 36.6 Å². The van der Waals surface area contributed by atoms with E-state index in [4.69, 9.17) is 4.98 Å². The molecule has 0 bridgehead atoms. The van der Waals surface area contributed by atoms with Crippen molar-refractivity contribution in [1.29, 1.82) is 0 Å². The van der Waals surface area contributed by atoms with Crippen LogP contribution in [0.3, 0.4) is 0 Å². The number of hydrogen-bond acceptors (Lipinski definition) is 5. The van der Waals surface area contributed by atoms with Crippen molar-refractivity contribution in [1.82, 2.24) is 29.8 Å². The Labute approximate surface area is 178 Å². The van der Waals surface area contributed by atoms with E-state index < -0.39 is 5.41 Å². The molecule has 3 heterocycles. The molecule has 0 amide bonds. The molecule has 1 N–H and O–H groups in total. The second-order valence-corrected chi connectivity index (χ2v) is 8.60. The van der Waals surface area contributed by atoms with Crippen molar-refractivity contribution in [2.45, 2.75) is 32.1 Å². The summed E-state index contributed by atoms with van der Waals surface area (Å²) in [5, 5.41) is 12.8. The van der Waals surface area contributed by atoms with Crippen LogP contribution in [-0.4, -0.2) is 35.6 Å². The number of benzene rings is 2. The predicted molar refractivity (Wildman–Crippen MR) is 117 cm³/mol. The molecule has 2 aromatic carbocycles. The van der Waals surface area contributed by atoms with E-state index in [9.17, 15) is 4.79 Å². The average Bonchev–Trinajstić information content (AvgIpc) is 3.44. The topological polar surface area (TPSA) is 88.8 Å². The Morgan fingerprint density at radius 3 is 3.00 bits per heavy atom. The summed E-state index contributed by atoms with van der Waals surface area (Å²) in [4.78, 5) is 21.7. The van der Waals surface area contributed by atoms with Gasteiger partial charge in [-0.1, -0.05) is 30.3 Å². The fourth-order valence-corrected chi connectivity index (χ4v) is 4.54. The third kappa shape index (κ3) is 2.70. The number of rotatable bonds is 3. The minimum Gasteiger partial charge on any atom is -0.298 e. The Balaban J connectivity index is 1.40. The molecular weight excluding hydrogens is 388 g/mol. The van der Waals surface area contributed by atoms with Crippen LogP contribution in [0.2, 0.25) is 0 Å². The van der Waals surface area contributed by atoms with Crippen molar-refractivity contribution >= 4 is 22.3 Å². The number of nitrogens with zero attached hydrogens (tertiary/aromatic N) is 5. The summed E-state index contributed by atoms with van der Waals surface area (Å²) in [5.74, 6) is 0.992. The van der Waals surface area contributed by atoms with E-state index in [1.54, 1.807) is 16.9 Å². The quantitative estimate of drug-likeness (QED) is 0.492. The molecule has 0 spiro atoms. The summed E-state index contributed by atoms with van der Waals surface area (Å²) >= 11 is 0. The zero-order valence-corrected chi connectivity index (χ0v) is 17.3. The highest BCUT2D eigenvalue weighted by molar-refractivity contribution is 5.96. The minimum absolute atomic E-state index is 0.273. The second-order valence-electron chi connectivity index (χ2n) is 8.60. The van der Waals surface area contributed by atoms with Crippen molar-refractivity contribution in [2.75, 3.05) is 0 Å². The zero-order chi connectivity index (χ0) is 21.2. The molecule has 1 aliphatic carbocycles. The molecule has 3 aromatic heterocycles. The van der Waals surface area contributed by atoms with E-state index in [1.165, 1.54) is 0 Å². The number of H-pyrrole nitrogens is 1. The number of nitrogens with one attached hydrogen (secondary N) is 1. The molecule has 0 fully saturated rings. The molecule has 6 rings (SSSR count). The normalized spacial score (nSPS) is 15.1. The molecule has 0 unspecified atom stereocenters. The largest absolute Gasteiger partial charge is 0.298 e. The van der Waals surface area contributed by atoms with Crippen LogP contribution in [0.5, 0.6) is 0 Å². The molecular formula is C24H20N6O. The van der Waals surface area contributed by atoms with E-state index in [-0.39, 0.29) is 5.78 Å². The lowest BCUT2D eigenvalue weighted by atomic mass is 9.85. The molecule has 152 valence electrons. The molecule has 0 saturated heterocycles. The lowest BCUT2D eigenvalue weighted by molar-refractivity contribution is -0.121. The van der Waals surface area contributed by atoms with Gasteiger partial charge in [-0.3, -0.25) is 14.9 Å². The van der Waals surface area contributed by atoms with Gasteiger partial charge in [-0.25, -0.2) is 9.50 Å². The highest BCUT2D eigenvalue weighted by atomic mass is 16.1. The predicted octanol–water partition coefficient (Wildman–Crippen LogP) is 3.66. The van der Waals surface area contributed by atoms with Crippen molar-refractivity contribution < 1.29 is 4.79 Å². The molecule has 31 heavy (non-hydrogen) atoms. The Bertz CT molecular complexity index is 1490. The monoisotopic (exact) mass is 408 g/mol. The van der Waals surface area contributed by atoms with Gasteiger partial charge in [0.1, 0.15) is 11.5 Å². The third-order valence-electron chi connectivity index (χ3n) is 6.29. The van der Waals surface area contributed by atoms with Crippen molar-refractivity contribution in [3.63, 3.8) is 0 Å². The lowest BCUT2D eigenvalue weighted by Crippen LogP contribution is -2.23. The summed E-state index contributed by atoms with van der Waals surface area (Å²) in [6.45, 7) is 4.00. The van der Waals surface area contributed by atoms with E-state index in [0.29, 0.717) is 18.5 Å². The van der Waals surface area contributed by atoms with Crippen LogP contribution in [0.1, 0.15) is 36.4 Å². The van der Waals surface area contributed by atoms with Gasteiger partial charge in [0.25, 0.3) is 0 Å². The Morgan fingerprint density at radius 2 is 2.10 bits per heavy atom. The molecule has 0 saturated carbocycles. The number of aromatic amines is 1. The number of fused-ring (bicyclic) bond motifs is 3. The van der Waals surface area contributed by atoms with Gasteiger partial charge in [-0.2, -0.15) is 10.2 Å². The molecule has 1 aliphatic rings. The Hall–Kier alpha value is -3.87. The molecule has 0 atom stereocenters. The number of aromatic nitrogens is 6.